The number of hydrogen-bond donors (Lipinski definition) is 0. The molecule has 0 amide bonds. The lowest BCUT2D eigenvalue weighted by Crippen LogP contribution is -2.38. The highest BCUT2D eigenvalue weighted by Crippen LogP contribution is 2.20. The van der Waals surface area contributed by atoms with E-state index in [1.807, 2.05) is 13.0 Å². The molecule has 0 unspecified atom stereocenters. The van der Waals surface area contributed by atoms with E-state index in [0.717, 1.165) is 4.57 Å². The van der Waals surface area contributed by atoms with E-state index in [-0.39, 0.29) is 5.02 Å². The Labute approximate surface area is 148 Å². The van der Waals surface area contributed by atoms with Crippen LogP contribution in [0, 0.1) is 11.8 Å². The number of allylic oxidation sites excluding steroid dienone is 2. The quantitative estimate of drug-likeness (QED) is 0.633. The van der Waals surface area contributed by atoms with E-state index < -0.39 is 11.2 Å². The molecule has 0 saturated carbocycles. The van der Waals surface area contributed by atoms with Crippen molar-refractivity contribution in [1.29, 1.82) is 0 Å². The number of hydrogen-bond acceptors (Lipinski definition) is 3. The SMILES string of the molecule is CC=CC#Cc1ccc(-n2c(=O)c3cnccc3n(C)c2=O)c(Cl)c1. The smallest absolute Gasteiger partial charge is 0.296 e. The van der Waals surface area contributed by atoms with Crippen LogP contribution in [-0.4, -0.2) is 14.1 Å². The van der Waals surface area contributed by atoms with Gasteiger partial charge in [0, 0.05) is 25.0 Å². The fourth-order valence-electron chi connectivity index (χ4n) is 2.49. The zero-order valence-corrected chi connectivity index (χ0v) is 14.4. The number of aromatic nitrogens is 3. The van der Waals surface area contributed by atoms with Crippen LogP contribution >= 0.6 is 11.6 Å². The van der Waals surface area contributed by atoms with Crippen LogP contribution in [0.3, 0.4) is 0 Å². The van der Waals surface area contributed by atoms with E-state index >= 15 is 0 Å². The molecule has 5 nitrogen and oxygen atoms in total. The predicted octanol–water partition coefficient (Wildman–Crippen LogP) is 2.67. The molecule has 25 heavy (non-hydrogen) atoms. The van der Waals surface area contributed by atoms with E-state index in [9.17, 15) is 9.59 Å². The molecule has 0 atom stereocenters. The Balaban J connectivity index is 2.26. The highest BCUT2D eigenvalue weighted by molar-refractivity contribution is 6.32. The van der Waals surface area contributed by atoms with Crippen molar-refractivity contribution in [3.8, 4) is 17.5 Å². The Morgan fingerprint density at radius 1 is 1.24 bits per heavy atom. The van der Waals surface area contributed by atoms with Gasteiger partial charge in [0.05, 0.1) is 21.6 Å². The second-order valence-corrected chi connectivity index (χ2v) is 5.72. The summed E-state index contributed by atoms with van der Waals surface area (Å²) in [6.45, 7) is 1.88. The summed E-state index contributed by atoms with van der Waals surface area (Å²) in [6, 6.07) is 6.60. The Morgan fingerprint density at radius 3 is 2.76 bits per heavy atom. The molecule has 124 valence electrons. The molecule has 2 heterocycles. The molecule has 0 radical (unpaired) electrons. The lowest BCUT2D eigenvalue weighted by Gasteiger charge is -2.11. The van der Waals surface area contributed by atoms with Gasteiger partial charge in [-0.25, -0.2) is 9.36 Å². The van der Waals surface area contributed by atoms with Crippen molar-refractivity contribution in [2.75, 3.05) is 0 Å². The van der Waals surface area contributed by atoms with Crippen LogP contribution in [0.1, 0.15) is 12.5 Å². The molecule has 3 aromatic rings. The first-order chi connectivity index (χ1) is 12.0. The van der Waals surface area contributed by atoms with Gasteiger partial charge in [-0.15, -0.1) is 0 Å². The van der Waals surface area contributed by atoms with Crippen molar-refractivity contribution >= 4 is 22.5 Å². The van der Waals surface area contributed by atoms with Crippen LogP contribution in [0.2, 0.25) is 5.02 Å². The Kier molecular flexibility index (Phi) is 4.55. The number of halogens is 1. The van der Waals surface area contributed by atoms with Crippen molar-refractivity contribution in [3.05, 3.63) is 80.2 Å². The van der Waals surface area contributed by atoms with E-state index in [2.05, 4.69) is 16.8 Å². The van der Waals surface area contributed by atoms with Gasteiger partial charge in [-0.3, -0.25) is 14.3 Å². The lowest BCUT2D eigenvalue weighted by atomic mass is 10.2. The highest BCUT2D eigenvalue weighted by atomic mass is 35.5. The Morgan fingerprint density at radius 2 is 2.04 bits per heavy atom. The van der Waals surface area contributed by atoms with Gasteiger partial charge in [0.1, 0.15) is 0 Å². The van der Waals surface area contributed by atoms with Crippen molar-refractivity contribution in [2.24, 2.45) is 7.05 Å². The fourth-order valence-corrected chi connectivity index (χ4v) is 2.76. The van der Waals surface area contributed by atoms with Gasteiger partial charge >= 0.3 is 5.69 Å². The molecule has 0 bridgehead atoms. The third-order valence-corrected chi connectivity index (χ3v) is 4.03. The number of fused-ring (bicyclic) bond motifs is 1. The molecule has 0 aliphatic carbocycles. The van der Waals surface area contributed by atoms with Crippen molar-refractivity contribution < 1.29 is 0 Å². The van der Waals surface area contributed by atoms with Gasteiger partial charge in [0.15, 0.2) is 0 Å². The maximum atomic E-state index is 12.8. The number of nitrogens with zero attached hydrogens (tertiary/aromatic N) is 3. The van der Waals surface area contributed by atoms with Crippen molar-refractivity contribution in [2.45, 2.75) is 6.92 Å². The normalized spacial score (nSPS) is 10.8. The largest absolute Gasteiger partial charge is 0.335 e. The van der Waals surface area contributed by atoms with Crippen molar-refractivity contribution in [1.82, 2.24) is 14.1 Å². The molecule has 1 aromatic carbocycles. The lowest BCUT2D eigenvalue weighted by molar-refractivity contribution is 0.773. The van der Waals surface area contributed by atoms with Gasteiger partial charge in [0.2, 0.25) is 0 Å². The number of aryl methyl sites for hydroxylation is 1. The summed E-state index contributed by atoms with van der Waals surface area (Å²) in [6.07, 6.45) is 6.53. The zero-order valence-electron chi connectivity index (χ0n) is 13.7. The summed E-state index contributed by atoms with van der Waals surface area (Å²) in [4.78, 5) is 29.4. The minimum absolute atomic E-state index is 0.273. The van der Waals surface area contributed by atoms with Crippen LogP contribution in [0.15, 0.2) is 58.4 Å². The highest BCUT2D eigenvalue weighted by Gasteiger charge is 2.14. The van der Waals surface area contributed by atoms with Gasteiger partial charge in [-0.1, -0.05) is 29.5 Å². The van der Waals surface area contributed by atoms with Gasteiger partial charge in [0.25, 0.3) is 5.56 Å². The maximum absolute atomic E-state index is 12.8. The fraction of sp³-hybridized carbons (Fsp3) is 0.105. The molecular weight excluding hydrogens is 338 g/mol. The van der Waals surface area contributed by atoms with Crippen LogP contribution in [-0.2, 0) is 7.05 Å². The summed E-state index contributed by atoms with van der Waals surface area (Å²) >= 11 is 6.31. The first-order valence-electron chi connectivity index (χ1n) is 7.53. The first kappa shape index (κ1) is 16.7. The van der Waals surface area contributed by atoms with Gasteiger partial charge < -0.3 is 0 Å². The van der Waals surface area contributed by atoms with E-state index in [4.69, 9.17) is 11.6 Å². The average molecular weight is 352 g/mol. The molecule has 0 fully saturated rings. The van der Waals surface area contributed by atoms with Crippen LogP contribution in [0.4, 0.5) is 0 Å². The van der Waals surface area contributed by atoms with Gasteiger partial charge in [-0.05, 0) is 37.3 Å². The summed E-state index contributed by atoms with van der Waals surface area (Å²) in [5.74, 6) is 5.80. The molecule has 0 N–H and O–H groups in total. The van der Waals surface area contributed by atoms with Crippen molar-refractivity contribution in [3.63, 3.8) is 0 Å². The molecule has 0 saturated heterocycles. The first-order valence-corrected chi connectivity index (χ1v) is 7.90. The van der Waals surface area contributed by atoms with E-state index in [1.54, 1.807) is 37.4 Å². The zero-order chi connectivity index (χ0) is 18.0. The third-order valence-electron chi connectivity index (χ3n) is 3.73. The second kappa shape index (κ2) is 6.80. The van der Waals surface area contributed by atoms with Crippen LogP contribution in [0.25, 0.3) is 16.6 Å². The summed E-state index contributed by atoms with van der Waals surface area (Å²) in [5, 5.41) is 0.618. The number of rotatable bonds is 1. The average Bonchev–Trinajstić information content (AvgIpc) is 2.62. The molecule has 6 heteroatoms. The summed E-state index contributed by atoms with van der Waals surface area (Å²) < 4.78 is 2.45. The predicted molar refractivity (Wildman–Crippen MR) is 99.3 cm³/mol. The Bertz CT molecular complexity index is 1180. The Hall–Kier alpha value is -3.10. The topological polar surface area (TPSA) is 56.9 Å². The maximum Gasteiger partial charge on any atom is 0.335 e. The summed E-state index contributed by atoms with van der Waals surface area (Å²) in [5.41, 5.74) is 0.596. The monoisotopic (exact) mass is 351 g/mol. The minimum atomic E-state index is -0.474. The molecule has 0 aliphatic rings. The second-order valence-electron chi connectivity index (χ2n) is 5.31. The minimum Gasteiger partial charge on any atom is -0.296 e. The molecule has 0 aliphatic heterocycles. The molecular formula is C19H14ClN3O2. The molecule has 3 rings (SSSR count). The standard InChI is InChI=1S/C19H14ClN3O2/c1-3-4-5-6-13-7-8-17(15(20)11-13)23-18(24)14-12-21-10-9-16(14)22(2)19(23)25/h3-4,7-12H,1-2H3. The number of benzene rings is 1. The number of pyridine rings is 1. The van der Waals surface area contributed by atoms with E-state index in [1.165, 1.54) is 17.0 Å². The van der Waals surface area contributed by atoms with Crippen LogP contribution < -0.4 is 11.2 Å². The third kappa shape index (κ3) is 3.00. The molecule has 0 spiro atoms. The van der Waals surface area contributed by atoms with Crippen LogP contribution in [0.5, 0.6) is 0 Å². The van der Waals surface area contributed by atoms with E-state index in [0.29, 0.717) is 22.2 Å². The molecule has 2 aromatic heterocycles. The summed E-state index contributed by atoms with van der Waals surface area (Å²) in [7, 11) is 1.60. The van der Waals surface area contributed by atoms with Gasteiger partial charge in [-0.2, -0.15) is 0 Å².